The van der Waals surface area contributed by atoms with Crippen molar-refractivity contribution in [3.05, 3.63) is 11.9 Å². The molecule has 2 saturated heterocycles. The number of nitrogens with one attached hydrogen (secondary N) is 1. The fraction of sp³-hybridized carbons (Fsp3) is 0.762. The van der Waals surface area contributed by atoms with Gasteiger partial charge in [-0.05, 0) is 40.5 Å². The van der Waals surface area contributed by atoms with Gasteiger partial charge in [0.05, 0.1) is 6.73 Å². The number of hydrogen-bond donors (Lipinski definition) is 4. The lowest BCUT2D eigenvalue weighted by Crippen LogP contribution is -2.50. The Morgan fingerprint density at radius 1 is 1.34 bits per heavy atom. The van der Waals surface area contributed by atoms with Crippen molar-refractivity contribution in [2.75, 3.05) is 37.1 Å². The van der Waals surface area contributed by atoms with E-state index in [-0.39, 0.29) is 12.1 Å². The topological polar surface area (TPSA) is 146 Å². The SMILES string of the molecule is CCOCN1CCC(NC(=O)[C@H]2O[C@@H](N(c3ncnc(N)c3C)C(C)C)[C@H](O)[C@@H]2O)CC1. The minimum atomic E-state index is -1.36. The standard InChI is InChI=1S/C21H36N6O5/c1-5-31-11-26-8-6-14(7-9-26)25-20(30)17-15(28)16(29)21(32-17)27(12(2)3)19-13(4)18(22)23-10-24-19/h10,12,14-17,21,28-29H,5-9,11H2,1-4H3,(H,25,30)(H2,22,23,24)/t15-,16+,17-,21+/m0/s1. The van der Waals surface area contributed by atoms with Crippen LogP contribution in [0.25, 0.3) is 0 Å². The number of hydrogen-bond acceptors (Lipinski definition) is 10. The van der Waals surface area contributed by atoms with Crippen LogP contribution < -0.4 is 16.0 Å². The molecular weight excluding hydrogens is 416 g/mol. The van der Waals surface area contributed by atoms with E-state index < -0.39 is 30.4 Å². The Bertz CT molecular complexity index is 773. The van der Waals surface area contributed by atoms with Crippen molar-refractivity contribution < 1.29 is 24.5 Å². The molecule has 11 heteroatoms. The summed E-state index contributed by atoms with van der Waals surface area (Å²) in [6.07, 6.45) is -1.89. The van der Waals surface area contributed by atoms with Gasteiger partial charge in [0.2, 0.25) is 0 Å². The third-order valence-corrected chi connectivity index (χ3v) is 6.08. The molecule has 0 spiro atoms. The Balaban J connectivity index is 1.66. The molecule has 2 aliphatic heterocycles. The van der Waals surface area contributed by atoms with Gasteiger partial charge in [0.25, 0.3) is 5.91 Å². The molecule has 32 heavy (non-hydrogen) atoms. The molecule has 1 amide bonds. The Kier molecular flexibility index (Phi) is 8.23. The van der Waals surface area contributed by atoms with Gasteiger partial charge in [-0.2, -0.15) is 0 Å². The first kappa shape index (κ1) is 24.6. The highest BCUT2D eigenvalue weighted by Gasteiger charge is 2.50. The molecule has 4 atom stereocenters. The predicted molar refractivity (Wildman–Crippen MR) is 119 cm³/mol. The number of carbonyl (C=O) groups is 1. The molecule has 3 heterocycles. The Labute approximate surface area is 188 Å². The van der Waals surface area contributed by atoms with E-state index in [9.17, 15) is 15.0 Å². The van der Waals surface area contributed by atoms with Crippen molar-refractivity contribution in [1.29, 1.82) is 0 Å². The number of aliphatic hydroxyl groups excluding tert-OH is 2. The zero-order chi connectivity index (χ0) is 23.4. The molecule has 180 valence electrons. The van der Waals surface area contributed by atoms with Crippen LogP contribution in [0.1, 0.15) is 39.2 Å². The minimum absolute atomic E-state index is 0.0162. The van der Waals surface area contributed by atoms with Crippen LogP contribution in [-0.4, -0.2) is 94.0 Å². The lowest BCUT2D eigenvalue weighted by Gasteiger charge is -2.35. The van der Waals surface area contributed by atoms with Crippen molar-refractivity contribution in [3.63, 3.8) is 0 Å². The van der Waals surface area contributed by atoms with Crippen LogP contribution in [0.2, 0.25) is 0 Å². The van der Waals surface area contributed by atoms with Gasteiger partial charge in [0.1, 0.15) is 30.2 Å². The van der Waals surface area contributed by atoms with Gasteiger partial charge in [-0.3, -0.25) is 9.69 Å². The third kappa shape index (κ3) is 5.29. The van der Waals surface area contributed by atoms with E-state index in [1.165, 1.54) is 6.33 Å². The maximum absolute atomic E-state index is 12.9. The Hall–Kier alpha value is -2.05. The second-order valence-electron chi connectivity index (χ2n) is 8.66. The summed E-state index contributed by atoms with van der Waals surface area (Å²) in [5.41, 5.74) is 6.57. The fourth-order valence-electron chi connectivity index (χ4n) is 4.19. The second-order valence-corrected chi connectivity index (χ2v) is 8.66. The molecule has 0 aromatic carbocycles. The van der Waals surface area contributed by atoms with E-state index in [0.29, 0.717) is 30.5 Å². The highest BCUT2D eigenvalue weighted by Crippen LogP contribution is 2.32. The van der Waals surface area contributed by atoms with Crippen molar-refractivity contribution in [2.45, 2.75) is 77.2 Å². The van der Waals surface area contributed by atoms with Gasteiger partial charge < -0.3 is 35.6 Å². The highest BCUT2D eigenvalue weighted by molar-refractivity contribution is 5.82. The summed E-state index contributed by atoms with van der Waals surface area (Å²) in [6, 6.07) is -0.163. The maximum atomic E-state index is 12.9. The molecular formula is C21H36N6O5. The molecule has 0 bridgehead atoms. The summed E-state index contributed by atoms with van der Waals surface area (Å²) in [6.45, 7) is 10.5. The molecule has 5 N–H and O–H groups in total. The van der Waals surface area contributed by atoms with Crippen LogP contribution in [0.15, 0.2) is 6.33 Å². The maximum Gasteiger partial charge on any atom is 0.252 e. The van der Waals surface area contributed by atoms with Gasteiger partial charge in [0.15, 0.2) is 12.3 Å². The summed E-state index contributed by atoms with van der Waals surface area (Å²) in [5.74, 6) is 0.384. The molecule has 0 radical (unpaired) electrons. The summed E-state index contributed by atoms with van der Waals surface area (Å²) in [5, 5.41) is 24.3. The number of amides is 1. The van der Waals surface area contributed by atoms with E-state index in [4.69, 9.17) is 15.2 Å². The van der Waals surface area contributed by atoms with Gasteiger partial charge in [-0.15, -0.1) is 0 Å². The van der Waals surface area contributed by atoms with Crippen LogP contribution in [0.3, 0.4) is 0 Å². The number of rotatable bonds is 8. The monoisotopic (exact) mass is 452 g/mol. The highest BCUT2D eigenvalue weighted by atomic mass is 16.6. The normalized spacial score (nSPS) is 27.1. The number of piperidine rings is 1. The molecule has 11 nitrogen and oxygen atoms in total. The van der Waals surface area contributed by atoms with Gasteiger partial charge in [0, 0.05) is 37.3 Å². The molecule has 0 saturated carbocycles. The van der Waals surface area contributed by atoms with E-state index >= 15 is 0 Å². The fourth-order valence-corrected chi connectivity index (χ4v) is 4.19. The number of ether oxygens (including phenoxy) is 2. The average molecular weight is 453 g/mol. The third-order valence-electron chi connectivity index (χ3n) is 6.08. The molecule has 3 rings (SSSR count). The smallest absolute Gasteiger partial charge is 0.252 e. The average Bonchev–Trinajstić information content (AvgIpc) is 3.05. The first-order valence-electron chi connectivity index (χ1n) is 11.2. The van der Waals surface area contributed by atoms with Crippen LogP contribution >= 0.6 is 0 Å². The number of nitrogen functional groups attached to an aromatic ring is 1. The molecule has 1 aromatic heterocycles. The number of aromatic nitrogens is 2. The van der Waals surface area contributed by atoms with Gasteiger partial charge in [-0.1, -0.05) is 0 Å². The molecule has 1 aromatic rings. The van der Waals surface area contributed by atoms with E-state index in [2.05, 4.69) is 20.2 Å². The largest absolute Gasteiger partial charge is 0.387 e. The van der Waals surface area contributed by atoms with E-state index in [1.54, 1.807) is 11.8 Å². The summed E-state index contributed by atoms with van der Waals surface area (Å²) < 4.78 is 11.4. The van der Waals surface area contributed by atoms with Crippen LogP contribution in [-0.2, 0) is 14.3 Å². The zero-order valence-electron chi connectivity index (χ0n) is 19.3. The van der Waals surface area contributed by atoms with Crippen molar-refractivity contribution in [2.24, 2.45) is 0 Å². The molecule has 2 fully saturated rings. The van der Waals surface area contributed by atoms with E-state index in [0.717, 1.165) is 25.9 Å². The van der Waals surface area contributed by atoms with Crippen LogP contribution in [0.4, 0.5) is 11.6 Å². The quantitative estimate of drug-likeness (QED) is 0.411. The molecule has 2 aliphatic rings. The predicted octanol–water partition coefficient (Wildman–Crippen LogP) is -0.397. The van der Waals surface area contributed by atoms with Gasteiger partial charge in [-0.25, -0.2) is 9.97 Å². The second kappa shape index (κ2) is 10.7. The number of anilines is 2. The Morgan fingerprint density at radius 2 is 2.03 bits per heavy atom. The number of carbonyl (C=O) groups excluding carboxylic acids is 1. The lowest BCUT2D eigenvalue weighted by molar-refractivity contribution is -0.137. The number of nitrogens with two attached hydrogens (primary N) is 1. The van der Waals surface area contributed by atoms with Crippen molar-refractivity contribution in [3.8, 4) is 0 Å². The van der Waals surface area contributed by atoms with Crippen LogP contribution in [0.5, 0.6) is 0 Å². The van der Waals surface area contributed by atoms with E-state index in [1.807, 2.05) is 20.8 Å². The van der Waals surface area contributed by atoms with Crippen molar-refractivity contribution in [1.82, 2.24) is 20.2 Å². The first-order chi connectivity index (χ1) is 15.2. The number of likely N-dealkylation sites (tertiary alicyclic amines) is 1. The van der Waals surface area contributed by atoms with Gasteiger partial charge >= 0.3 is 0 Å². The molecule has 0 unspecified atom stereocenters. The lowest BCUT2D eigenvalue weighted by atomic mass is 10.0. The van der Waals surface area contributed by atoms with Crippen molar-refractivity contribution >= 4 is 17.5 Å². The Morgan fingerprint density at radius 3 is 2.66 bits per heavy atom. The number of aliphatic hydroxyl groups is 2. The number of nitrogens with zero attached hydrogens (tertiary/aromatic N) is 4. The summed E-state index contributed by atoms with van der Waals surface area (Å²) in [7, 11) is 0. The summed E-state index contributed by atoms with van der Waals surface area (Å²) >= 11 is 0. The van der Waals surface area contributed by atoms with Crippen LogP contribution in [0, 0.1) is 6.92 Å². The first-order valence-corrected chi connectivity index (χ1v) is 11.2. The minimum Gasteiger partial charge on any atom is -0.387 e. The summed E-state index contributed by atoms with van der Waals surface area (Å²) in [4.78, 5) is 25.1. The zero-order valence-corrected chi connectivity index (χ0v) is 19.3. The molecule has 0 aliphatic carbocycles.